The standard InChI is InChI=1S/C12H11ClN2O3/c1-15-9(12(16)17)10(13)14-11(15)7-3-5-8(18-2)6-4-7/h3-6H,1-2H3,(H,16,17). The molecule has 0 amide bonds. The van der Waals surface area contributed by atoms with Gasteiger partial charge in [-0.25, -0.2) is 9.78 Å². The Hall–Kier alpha value is -2.01. The number of hydrogen-bond acceptors (Lipinski definition) is 3. The molecule has 0 aliphatic heterocycles. The zero-order valence-electron chi connectivity index (χ0n) is 9.85. The molecule has 2 aromatic rings. The monoisotopic (exact) mass is 266 g/mol. The van der Waals surface area contributed by atoms with Crippen molar-refractivity contribution < 1.29 is 14.6 Å². The summed E-state index contributed by atoms with van der Waals surface area (Å²) in [4.78, 5) is 15.1. The number of halogens is 1. The van der Waals surface area contributed by atoms with Crippen LogP contribution in [0.25, 0.3) is 11.4 Å². The summed E-state index contributed by atoms with van der Waals surface area (Å²) in [7, 11) is 3.19. The van der Waals surface area contributed by atoms with Crippen LogP contribution in [0.15, 0.2) is 24.3 Å². The average molecular weight is 267 g/mol. The molecule has 0 unspecified atom stereocenters. The van der Waals surface area contributed by atoms with Crippen molar-refractivity contribution in [2.75, 3.05) is 7.11 Å². The van der Waals surface area contributed by atoms with E-state index in [0.29, 0.717) is 5.82 Å². The number of aromatic carboxylic acids is 1. The summed E-state index contributed by atoms with van der Waals surface area (Å²) in [5.41, 5.74) is 0.746. The van der Waals surface area contributed by atoms with Gasteiger partial charge in [0.25, 0.3) is 0 Å². The lowest BCUT2D eigenvalue weighted by Crippen LogP contribution is -2.05. The van der Waals surface area contributed by atoms with Crippen LogP contribution in [0.3, 0.4) is 0 Å². The van der Waals surface area contributed by atoms with Gasteiger partial charge in [0.15, 0.2) is 10.8 Å². The summed E-state index contributed by atoms with van der Waals surface area (Å²) in [5.74, 6) is 0.118. The molecule has 0 radical (unpaired) electrons. The van der Waals surface area contributed by atoms with Crippen molar-refractivity contribution in [1.29, 1.82) is 0 Å². The molecule has 0 saturated carbocycles. The van der Waals surface area contributed by atoms with Crippen molar-refractivity contribution in [3.05, 3.63) is 35.1 Å². The second-order valence-electron chi connectivity index (χ2n) is 3.67. The maximum absolute atomic E-state index is 11.0. The zero-order chi connectivity index (χ0) is 13.3. The molecule has 18 heavy (non-hydrogen) atoms. The molecule has 0 bridgehead atoms. The molecule has 6 heteroatoms. The Labute approximate surface area is 109 Å². The highest BCUT2D eigenvalue weighted by atomic mass is 35.5. The number of carboxylic acids is 1. The zero-order valence-corrected chi connectivity index (χ0v) is 10.6. The van der Waals surface area contributed by atoms with Crippen molar-refractivity contribution in [2.24, 2.45) is 7.05 Å². The van der Waals surface area contributed by atoms with E-state index in [1.807, 2.05) is 0 Å². The van der Waals surface area contributed by atoms with Crippen LogP contribution in [-0.4, -0.2) is 27.7 Å². The van der Waals surface area contributed by atoms with E-state index in [4.69, 9.17) is 21.4 Å². The summed E-state index contributed by atoms with van der Waals surface area (Å²) < 4.78 is 6.51. The van der Waals surface area contributed by atoms with Crippen LogP contribution >= 0.6 is 11.6 Å². The van der Waals surface area contributed by atoms with E-state index in [1.54, 1.807) is 38.4 Å². The van der Waals surface area contributed by atoms with Gasteiger partial charge in [-0.2, -0.15) is 0 Å². The first-order chi connectivity index (χ1) is 8.54. The lowest BCUT2D eigenvalue weighted by Gasteiger charge is -2.04. The first kappa shape index (κ1) is 12.4. The van der Waals surface area contributed by atoms with E-state index in [-0.39, 0.29) is 10.8 Å². The van der Waals surface area contributed by atoms with E-state index < -0.39 is 5.97 Å². The third kappa shape index (κ3) is 2.04. The number of carbonyl (C=O) groups is 1. The predicted molar refractivity (Wildman–Crippen MR) is 67.2 cm³/mol. The molecule has 1 aromatic carbocycles. The molecule has 1 aromatic heterocycles. The summed E-state index contributed by atoms with van der Waals surface area (Å²) in [6, 6.07) is 7.14. The summed E-state index contributed by atoms with van der Waals surface area (Å²) in [5, 5.41) is 9.01. The first-order valence-electron chi connectivity index (χ1n) is 5.14. The van der Waals surface area contributed by atoms with Gasteiger partial charge in [-0.1, -0.05) is 11.6 Å². The van der Waals surface area contributed by atoms with Crippen molar-refractivity contribution in [2.45, 2.75) is 0 Å². The smallest absolute Gasteiger partial charge is 0.355 e. The normalized spacial score (nSPS) is 10.4. The number of rotatable bonds is 3. The fraction of sp³-hybridized carbons (Fsp3) is 0.167. The van der Waals surface area contributed by atoms with Gasteiger partial charge in [0.2, 0.25) is 0 Å². The third-order valence-electron chi connectivity index (χ3n) is 2.60. The molecule has 0 spiro atoms. The van der Waals surface area contributed by atoms with E-state index in [0.717, 1.165) is 11.3 Å². The van der Waals surface area contributed by atoms with E-state index in [2.05, 4.69) is 4.98 Å². The lowest BCUT2D eigenvalue weighted by molar-refractivity contribution is 0.0687. The van der Waals surface area contributed by atoms with E-state index in [9.17, 15) is 4.79 Å². The molecule has 1 N–H and O–H groups in total. The van der Waals surface area contributed by atoms with Crippen LogP contribution in [0.2, 0.25) is 5.15 Å². The van der Waals surface area contributed by atoms with Crippen LogP contribution in [-0.2, 0) is 7.05 Å². The van der Waals surface area contributed by atoms with Gasteiger partial charge < -0.3 is 14.4 Å². The molecule has 0 fully saturated rings. The van der Waals surface area contributed by atoms with Gasteiger partial charge >= 0.3 is 5.97 Å². The number of benzene rings is 1. The number of nitrogens with zero attached hydrogens (tertiary/aromatic N) is 2. The molecule has 5 nitrogen and oxygen atoms in total. The maximum Gasteiger partial charge on any atom is 0.355 e. The Kier molecular flexibility index (Phi) is 3.25. The molecule has 1 heterocycles. The fourth-order valence-electron chi connectivity index (χ4n) is 1.70. The number of carboxylic acid groups (broad SMARTS) is 1. The van der Waals surface area contributed by atoms with Crippen molar-refractivity contribution in [1.82, 2.24) is 9.55 Å². The molecule has 0 aliphatic rings. The topological polar surface area (TPSA) is 64.3 Å². The minimum Gasteiger partial charge on any atom is -0.497 e. The molecule has 0 saturated heterocycles. The molecule has 94 valence electrons. The van der Waals surface area contributed by atoms with Gasteiger partial charge in [0, 0.05) is 12.6 Å². The first-order valence-corrected chi connectivity index (χ1v) is 5.52. The summed E-state index contributed by atoms with van der Waals surface area (Å²) >= 11 is 5.82. The molecule has 0 aliphatic carbocycles. The van der Waals surface area contributed by atoms with Crippen LogP contribution in [0.5, 0.6) is 5.75 Å². The number of ether oxygens (including phenoxy) is 1. The Morgan fingerprint density at radius 3 is 2.44 bits per heavy atom. The Bertz CT molecular complexity index is 590. The summed E-state index contributed by atoms with van der Waals surface area (Å²) in [6.45, 7) is 0. The average Bonchev–Trinajstić information content (AvgIpc) is 2.65. The maximum atomic E-state index is 11.0. The third-order valence-corrected chi connectivity index (χ3v) is 2.87. The van der Waals surface area contributed by atoms with Crippen LogP contribution in [0.4, 0.5) is 0 Å². The SMILES string of the molecule is COc1ccc(-c2nc(Cl)c(C(=O)O)n2C)cc1. The quantitative estimate of drug-likeness (QED) is 0.927. The van der Waals surface area contributed by atoms with Crippen molar-refractivity contribution >= 4 is 17.6 Å². The van der Waals surface area contributed by atoms with Crippen LogP contribution < -0.4 is 4.74 Å². The van der Waals surface area contributed by atoms with Crippen LogP contribution in [0.1, 0.15) is 10.5 Å². The molecule has 0 atom stereocenters. The predicted octanol–water partition coefficient (Wildman–Crippen LogP) is 2.45. The fourth-order valence-corrected chi connectivity index (χ4v) is 1.98. The second kappa shape index (κ2) is 4.70. The summed E-state index contributed by atoms with van der Waals surface area (Å²) in [6.07, 6.45) is 0. The highest BCUT2D eigenvalue weighted by Crippen LogP contribution is 2.25. The lowest BCUT2D eigenvalue weighted by atomic mass is 10.2. The Balaban J connectivity index is 2.50. The number of aromatic nitrogens is 2. The number of imidazole rings is 1. The molecular weight excluding hydrogens is 256 g/mol. The highest BCUT2D eigenvalue weighted by molar-refractivity contribution is 6.32. The van der Waals surface area contributed by atoms with E-state index >= 15 is 0 Å². The van der Waals surface area contributed by atoms with Crippen LogP contribution in [0, 0.1) is 0 Å². The van der Waals surface area contributed by atoms with Gasteiger partial charge in [0.1, 0.15) is 11.6 Å². The number of methoxy groups -OCH3 is 1. The van der Waals surface area contributed by atoms with Gasteiger partial charge in [-0.3, -0.25) is 0 Å². The Morgan fingerprint density at radius 1 is 1.39 bits per heavy atom. The molecular formula is C12H11ClN2O3. The minimum absolute atomic E-state index is 0.0178. The second-order valence-corrected chi connectivity index (χ2v) is 4.03. The van der Waals surface area contributed by atoms with Gasteiger partial charge in [0.05, 0.1) is 7.11 Å². The largest absolute Gasteiger partial charge is 0.497 e. The van der Waals surface area contributed by atoms with Gasteiger partial charge in [-0.15, -0.1) is 0 Å². The number of hydrogen-bond donors (Lipinski definition) is 1. The van der Waals surface area contributed by atoms with Gasteiger partial charge in [-0.05, 0) is 24.3 Å². The van der Waals surface area contributed by atoms with Crippen molar-refractivity contribution in [3.8, 4) is 17.1 Å². The minimum atomic E-state index is -1.10. The highest BCUT2D eigenvalue weighted by Gasteiger charge is 2.19. The Morgan fingerprint density at radius 2 is 2.00 bits per heavy atom. The van der Waals surface area contributed by atoms with Crippen molar-refractivity contribution in [3.63, 3.8) is 0 Å². The van der Waals surface area contributed by atoms with E-state index in [1.165, 1.54) is 4.57 Å². The molecule has 2 rings (SSSR count).